The first-order valence-corrected chi connectivity index (χ1v) is 14.6. The minimum Gasteiger partial charge on any atom is -0.353 e. The van der Waals surface area contributed by atoms with Gasteiger partial charge in [-0.3, -0.25) is 23.9 Å². The summed E-state index contributed by atoms with van der Waals surface area (Å²) in [5.41, 5.74) is 3.07. The summed E-state index contributed by atoms with van der Waals surface area (Å²) in [7, 11) is 3.61. The van der Waals surface area contributed by atoms with E-state index in [-0.39, 0.29) is 34.8 Å². The molecule has 0 saturated heterocycles. The molecule has 0 bridgehead atoms. The summed E-state index contributed by atoms with van der Waals surface area (Å²) in [6, 6.07) is 39.1. The standard InChI is InChI=1S/C37H36N4O3/c1-39(35(30-19-11-5-12-20-30)31-21-13-6-14-22-31)24-23-38-34(42)27-41-33(26-29-17-9-4-10-18-29)36(43)40(2)32(37(41)44)25-28-15-7-3-8-16-28/h3-22,25-26,35H,23-24,27H2,1-2H3,(H,38,42). The van der Waals surface area contributed by atoms with E-state index in [1.807, 2.05) is 104 Å². The number of nitrogens with zero attached hydrogens (tertiary/aromatic N) is 3. The second kappa shape index (κ2) is 14.3. The third-order valence-corrected chi connectivity index (χ3v) is 7.61. The molecule has 7 heteroatoms. The number of likely N-dealkylation sites (N-methyl/N-ethyl adjacent to an activating group) is 1. The Morgan fingerprint density at radius 1 is 0.705 bits per heavy atom. The van der Waals surface area contributed by atoms with Crippen molar-refractivity contribution in [2.45, 2.75) is 12.6 Å². The van der Waals surface area contributed by atoms with Crippen molar-refractivity contribution >= 4 is 18.1 Å². The lowest BCUT2D eigenvalue weighted by Crippen LogP contribution is -2.58. The average Bonchev–Trinajstić information content (AvgIpc) is 3.06. The van der Waals surface area contributed by atoms with Gasteiger partial charge in [0.15, 0.2) is 0 Å². The van der Waals surface area contributed by atoms with E-state index in [4.69, 9.17) is 0 Å². The molecule has 0 saturated carbocycles. The molecule has 0 aliphatic heterocycles. The number of nitrogens with one attached hydrogen (secondary N) is 1. The van der Waals surface area contributed by atoms with Crippen molar-refractivity contribution in [3.05, 3.63) is 175 Å². The van der Waals surface area contributed by atoms with Crippen LogP contribution in [0.25, 0.3) is 12.2 Å². The highest BCUT2D eigenvalue weighted by Gasteiger charge is 2.19. The first-order chi connectivity index (χ1) is 21.4. The van der Waals surface area contributed by atoms with Gasteiger partial charge in [-0.2, -0.15) is 0 Å². The lowest BCUT2D eigenvalue weighted by atomic mass is 9.97. The Morgan fingerprint density at radius 2 is 1.16 bits per heavy atom. The Labute approximate surface area is 256 Å². The van der Waals surface area contributed by atoms with Crippen LogP contribution in [0.1, 0.15) is 28.3 Å². The second-order valence-electron chi connectivity index (χ2n) is 10.7. The van der Waals surface area contributed by atoms with E-state index in [1.54, 1.807) is 19.2 Å². The molecule has 1 N–H and O–H groups in total. The molecule has 4 aromatic carbocycles. The molecule has 0 fully saturated rings. The predicted octanol–water partition coefficient (Wildman–Crippen LogP) is 3.04. The van der Waals surface area contributed by atoms with Crippen LogP contribution in [0, 0.1) is 0 Å². The minimum atomic E-state index is -0.418. The molecule has 7 nitrogen and oxygen atoms in total. The number of carbonyl (C=O) groups is 1. The van der Waals surface area contributed by atoms with Crippen molar-refractivity contribution < 1.29 is 4.79 Å². The van der Waals surface area contributed by atoms with Crippen molar-refractivity contribution in [2.24, 2.45) is 7.05 Å². The van der Waals surface area contributed by atoms with Gasteiger partial charge in [0.05, 0.1) is 6.04 Å². The van der Waals surface area contributed by atoms with Gasteiger partial charge in [-0.05, 0) is 41.5 Å². The number of hydrogen-bond donors (Lipinski definition) is 1. The normalized spacial score (nSPS) is 12.2. The molecule has 5 aromatic rings. The van der Waals surface area contributed by atoms with E-state index in [0.717, 1.165) is 22.3 Å². The van der Waals surface area contributed by atoms with Crippen molar-refractivity contribution in [2.75, 3.05) is 20.1 Å². The Kier molecular flexibility index (Phi) is 9.79. The van der Waals surface area contributed by atoms with Crippen molar-refractivity contribution in [3.63, 3.8) is 0 Å². The fourth-order valence-corrected chi connectivity index (χ4v) is 5.33. The summed E-state index contributed by atoms with van der Waals surface area (Å²) in [5.74, 6) is -0.349. The zero-order chi connectivity index (χ0) is 30.9. The van der Waals surface area contributed by atoms with Crippen LogP contribution in [0.15, 0.2) is 131 Å². The average molecular weight is 585 g/mol. The molecule has 1 amide bonds. The van der Waals surface area contributed by atoms with Crippen molar-refractivity contribution in [3.8, 4) is 0 Å². The Bertz CT molecular complexity index is 1900. The lowest BCUT2D eigenvalue weighted by Gasteiger charge is -2.29. The molecule has 5 rings (SSSR count). The largest absolute Gasteiger partial charge is 0.353 e. The molecule has 0 spiro atoms. The van der Waals surface area contributed by atoms with Crippen molar-refractivity contribution in [1.82, 2.24) is 19.4 Å². The van der Waals surface area contributed by atoms with Gasteiger partial charge in [0, 0.05) is 20.1 Å². The monoisotopic (exact) mass is 584 g/mol. The molecular weight excluding hydrogens is 548 g/mol. The van der Waals surface area contributed by atoms with Gasteiger partial charge in [0.2, 0.25) is 5.91 Å². The summed E-state index contributed by atoms with van der Waals surface area (Å²) in [6.45, 7) is 0.654. The number of aromatic nitrogens is 2. The maximum Gasteiger partial charge on any atom is 0.275 e. The van der Waals surface area contributed by atoms with Crippen LogP contribution in [-0.4, -0.2) is 40.1 Å². The molecule has 1 aromatic heterocycles. The first kappa shape index (κ1) is 30.2. The van der Waals surface area contributed by atoms with E-state index < -0.39 is 5.56 Å². The molecule has 0 radical (unpaired) electrons. The van der Waals surface area contributed by atoms with Crippen LogP contribution in [0.4, 0.5) is 0 Å². The van der Waals surface area contributed by atoms with Gasteiger partial charge in [-0.25, -0.2) is 0 Å². The van der Waals surface area contributed by atoms with Gasteiger partial charge in [-0.1, -0.05) is 121 Å². The van der Waals surface area contributed by atoms with Crippen LogP contribution in [0.3, 0.4) is 0 Å². The lowest BCUT2D eigenvalue weighted by molar-refractivity contribution is -0.121. The zero-order valence-corrected chi connectivity index (χ0v) is 25.0. The van der Waals surface area contributed by atoms with Crippen LogP contribution in [-0.2, 0) is 18.4 Å². The van der Waals surface area contributed by atoms with E-state index in [0.29, 0.717) is 13.1 Å². The van der Waals surface area contributed by atoms with Gasteiger partial charge >= 0.3 is 0 Å². The maximum absolute atomic E-state index is 13.8. The van der Waals surface area contributed by atoms with Crippen LogP contribution in [0.5, 0.6) is 0 Å². The van der Waals surface area contributed by atoms with Gasteiger partial charge in [-0.15, -0.1) is 0 Å². The highest BCUT2D eigenvalue weighted by molar-refractivity contribution is 5.75. The third-order valence-electron chi connectivity index (χ3n) is 7.61. The third kappa shape index (κ3) is 7.19. The zero-order valence-electron chi connectivity index (χ0n) is 25.0. The Morgan fingerprint density at radius 3 is 1.66 bits per heavy atom. The van der Waals surface area contributed by atoms with Crippen LogP contribution >= 0.6 is 0 Å². The summed E-state index contributed by atoms with van der Waals surface area (Å²) < 4.78 is 2.63. The van der Waals surface area contributed by atoms with E-state index in [9.17, 15) is 14.4 Å². The fraction of sp³-hybridized carbons (Fsp3) is 0.162. The predicted molar refractivity (Wildman–Crippen MR) is 176 cm³/mol. The Hall–Kier alpha value is -5.27. The fourth-order valence-electron chi connectivity index (χ4n) is 5.33. The number of benzene rings is 4. The highest BCUT2D eigenvalue weighted by Crippen LogP contribution is 2.26. The number of amides is 1. The minimum absolute atomic E-state index is 0.0113. The summed E-state index contributed by atoms with van der Waals surface area (Å²) >= 11 is 0. The van der Waals surface area contributed by atoms with Crippen LogP contribution < -0.4 is 27.1 Å². The van der Waals surface area contributed by atoms with Crippen molar-refractivity contribution in [1.29, 1.82) is 0 Å². The van der Waals surface area contributed by atoms with E-state index in [2.05, 4.69) is 34.5 Å². The molecule has 0 aliphatic rings. The number of hydrogen-bond acceptors (Lipinski definition) is 4. The summed E-state index contributed by atoms with van der Waals surface area (Å²) in [6.07, 6.45) is 3.33. The van der Waals surface area contributed by atoms with Gasteiger partial charge in [0.1, 0.15) is 17.2 Å². The van der Waals surface area contributed by atoms with E-state index >= 15 is 0 Å². The maximum atomic E-state index is 13.8. The smallest absolute Gasteiger partial charge is 0.275 e. The number of carbonyl (C=O) groups excluding carboxylic acids is 1. The first-order valence-electron chi connectivity index (χ1n) is 14.6. The van der Waals surface area contributed by atoms with E-state index in [1.165, 1.54) is 9.13 Å². The highest BCUT2D eigenvalue weighted by atomic mass is 16.2. The quantitative estimate of drug-likeness (QED) is 0.274. The molecule has 0 unspecified atom stereocenters. The topological polar surface area (TPSA) is 76.3 Å². The molecule has 44 heavy (non-hydrogen) atoms. The molecule has 222 valence electrons. The number of rotatable bonds is 10. The molecule has 0 atom stereocenters. The summed E-state index contributed by atoms with van der Waals surface area (Å²) in [5, 5.41) is 3.32. The molecule has 1 heterocycles. The SMILES string of the molecule is CN(CCNC(=O)Cn1c(=O)c(=Cc2ccccc2)n(C)c(=O)c1=Cc1ccccc1)C(c1ccccc1)c1ccccc1. The Balaban J connectivity index is 1.42. The molecule has 0 aliphatic carbocycles. The van der Waals surface area contributed by atoms with Gasteiger partial charge in [0.25, 0.3) is 11.1 Å². The molecular formula is C37H36N4O3. The van der Waals surface area contributed by atoms with Crippen LogP contribution in [0.2, 0.25) is 0 Å². The summed E-state index contributed by atoms with van der Waals surface area (Å²) in [4.78, 5) is 42.9. The second-order valence-corrected chi connectivity index (χ2v) is 10.7. The van der Waals surface area contributed by atoms with Gasteiger partial charge < -0.3 is 9.88 Å².